The van der Waals surface area contributed by atoms with Crippen LogP contribution in [0.2, 0.25) is 0 Å². The Balaban J connectivity index is 1.55. The van der Waals surface area contributed by atoms with Gasteiger partial charge in [-0.2, -0.15) is 4.98 Å². The Morgan fingerprint density at radius 1 is 1.25 bits per heavy atom. The zero-order valence-electron chi connectivity index (χ0n) is 24.2. The normalized spacial score (nSPS) is 16.9. The third kappa shape index (κ3) is 8.95. The summed E-state index contributed by atoms with van der Waals surface area (Å²) in [6.45, 7) is 5.24. The molecule has 1 aliphatic carbocycles. The SMILES string of the molecule is CCCNc1nc(Nc2ccnc(OC)c2)ncc1C#C[C@H]1C[C@@H](NC(=O)[C@H](C)N(C)C(=O)/C=C/CN(C)C)C1. The summed E-state index contributed by atoms with van der Waals surface area (Å²) in [4.78, 5) is 41.6. The molecule has 0 spiro atoms. The van der Waals surface area contributed by atoms with Crippen LogP contribution >= 0.6 is 0 Å². The Bertz CT molecular complexity index is 1250. The van der Waals surface area contributed by atoms with Gasteiger partial charge < -0.3 is 30.5 Å². The van der Waals surface area contributed by atoms with Gasteiger partial charge in [0, 0.05) is 56.1 Å². The van der Waals surface area contributed by atoms with E-state index in [4.69, 9.17) is 4.74 Å². The number of rotatable bonds is 12. The van der Waals surface area contributed by atoms with Gasteiger partial charge in [0.05, 0.1) is 18.9 Å². The van der Waals surface area contributed by atoms with Gasteiger partial charge in [-0.25, -0.2) is 9.97 Å². The number of hydrogen-bond donors (Lipinski definition) is 3. The molecule has 0 saturated heterocycles. The molecule has 214 valence electrons. The first-order valence-electron chi connectivity index (χ1n) is 13.5. The Hall–Kier alpha value is -4.17. The molecule has 1 fully saturated rings. The number of methoxy groups -OCH3 is 1. The smallest absolute Gasteiger partial charge is 0.246 e. The number of nitrogens with one attached hydrogen (secondary N) is 3. The van der Waals surface area contributed by atoms with Crippen molar-refractivity contribution in [3.8, 4) is 17.7 Å². The molecule has 3 rings (SSSR count). The third-order valence-electron chi connectivity index (χ3n) is 6.47. The van der Waals surface area contributed by atoms with Gasteiger partial charge in [-0.15, -0.1) is 0 Å². The summed E-state index contributed by atoms with van der Waals surface area (Å²) >= 11 is 0. The lowest BCUT2D eigenvalue weighted by atomic mass is 9.80. The van der Waals surface area contributed by atoms with Crippen LogP contribution in [0.15, 0.2) is 36.7 Å². The summed E-state index contributed by atoms with van der Waals surface area (Å²) in [5, 5.41) is 9.54. The number of ether oxygens (including phenoxy) is 1. The monoisotopic (exact) mass is 548 g/mol. The van der Waals surface area contributed by atoms with E-state index in [9.17, 15) is 9.59 Å². The van der Waals surface area contributed by atoms with Crippen molar-refractivity contribution in [2.45, 2.75) is 45.2 Å². The fourth-order valence-electron chi connectivity index (χ4n) is 3.84. The van der Waals surface area contributed by atoms with Gasteiger partial charge in [0.1, 0.15) is 11.9 Å². The van der Waals surface area contributed by atoms with Crippen molar-refractivity contribution in [3.63, 3.8) is 0 Å². The van der Waals surface area contributed by atoms with E-state index < -0.39 is 6.04 Å². The van der Waals surface area contributed by atoms with Gasteiger partial charge in [0.2, 0.25) is 23.6 Å². The minimum absolute atomic E-state index is 0.0416. The van der Waals surface area contributed by atoms with Crippen molar-refractivity contribution in [1.82, 2.24) is 30.1 Å². The van der Waals surface area contributed by atoms with Crippen molar-refractivity contribution in [1.29, 1.82) is 0 Å². The van der Waals surface area contributed by atoms with Crippen molar-refractivity contribution < 1.29 is 14.3 Å². The highest BCUT2D eigenvalue weighted by Crippen LogP contribution is 2.27. The zero-order chi connectivity index (χ0) is 29.1. The van der Waals surface area contributed by atoms with Gasteiger partial charge >= 0.3 is 0 Å². The standard InChI is InChI=1S/C29H40N8O3/c1-7-13-31-27-22(19-32-29(35-27)34-23-12-14-30-25(18-23)40-6)11-10-21-16-24(17-21)33-28(39)20(2)37(5)26(38)9-8-15-36(3)4/h8-9,12,14,18-21,24H,7,13,15-17H2,1-6H3,(H,33,39)(H2,30,31,32,34,35)/b9-8+/t20-,21-,24+/m0/s1. The number of hydrogen-bond acceptors (Lipinski definition) is 9. The molecule has 11 heteroatoms. The van der Waals surface area contributed by atoms with E-state index in [2.05, 4.69) is 49.7 Å². The fourth-order valence-corrected chi connectivity index (χ4v) is 3.84. The van der Waals surface area contributed by atoms with Crippen LogP contribution in [0.5, 0.6) is 5.88 Å². The lowest BCUT2D eigenvalue weighted by molar-refractivity contribution is -0.135. The van der Waals surface area contributed by atoms with Gasteiger partial charge in [0.25, 0.3) is 0 Å². The topological polar surface area (TPSA) is 125 Å². The molecule has 3 N–H and O–H groups in total. The van der Waals surface area contributed by atoms with Crippen molar-refractivity contribution >= 4 is 29.3 Å². The first-order valence-corrected chi connectivity index (χ1v) is 13.5. The molecule has 0 aromatic carbocycles. The predicted molar refractivity (Wildman–Crippen MR) is 156 cm³/mol. The molecule has 0 aliphatic heterocycles. The molecule has 0 radical (unpaired) electrons. The number of nitrogens with zero attached hydrogens (tertiary/aromatic N) is 5. The summed E-state index contributed by atoms with van der Waals surface area (Å²) in [6, 6.07) is 3.05. The summed E-state index contributed by atoms with van der Waals surface area (Å²) in [5.74, 6) is 7.92. The molecule has 2 heterocycles. The Kier molecular flexibility index (Phi) is 11.3. The number of carbonyl (C=O) groups is 2. The lowest BCUT2D eigenvalue weighted by Crippen LogP contribution is -2.51. The zero-order valence-corrected chi connectivity index (χ0v) is 24.2. The van der Waals surface area contributed by atoms with Gasteiger partial charge in [-0.3, -0.25) is 9.59 Å². The number of likely N-dealkylation sites (N-methyl/N-ethyl adjacent to an activating group) is 2. The maximum atomic E-state index is 12.7. The number of pyridine rings is 1. The molecule has 0 bridgehead atoms. The van der Waals surface area contributed by atoms with Crippen molar-refractivity contribution in [3.05, 3.63) is 42.2 Å². The first kappa shape index (κ1) is 30.4. The van der Waals surface area contributed by atoms with Crippen molar-refractivity contribution in [2.24, 2.45) is 5.92 Å². The minimum atomic E-state index is -0.564. The summed E-state index contributed by atoms with van der Waals surface area (Å²) in [6.07, 6.45) is 9.10. The van der Waals surface area contributed by atoms with E-state index in [1.54, 1.807) is 45.6 Å². The molecule has 40 heavy (non-hydrogen) atoms. The largest absolute Gasteiger partial charge is 0.481 e. The molecule has 11 nitrogen and oxygen atoms in total. The van der Waals surface area contributed by atoms with E-state index >= 15 is 0 Å². The van der Waals surface area contributed by atoms with Crippen LogP contribution < -0.4 is 20.7 Å². The van der Waals surface area contributed by atoms with Gasteiger partial charge in [0.15, 0.2) is 0 Å². The fraction of sp³-hybridized carbons (Fsp3) is 0.483. The van der Waals surface area contributed by atoms with E-state index in [0.29, 0.717) is 24.2 Å². The highest BCUT2D eigenvalue weighted by atomic mass is 16.5. The highest BCUT2D eigenvalue weighted by Gasteiger charge is 2.31. The maximum absolute atomic E-state index is 12.7. The molecule has 2 amide bonds. The Labute approximate surface area is 236 Å². The molecule has 2 aromatic rings. The molecule has 1 aliphatic rings. The molecule has 2 aromatic heterocycles. The van der Waals surface area contributed by atoms with E-state index in [0.717, 1.165) is 37.1 Å². The van der Waals surface area contributed by atoms with Crippen molar-refractivity contribution in [2.75, 3.05) is 52.0 Å². The van der Waals surface area contributed by atoms with Crippen LogP contribution in [0.4, 0.5) is 17.5 Å². The second-order valence-electron chi connectivity index (χ2n) is 10.0. The third-order valence-corrected chi connectivity index (χ3v) is 6.47. The summed E-state index contributed by atoms with van der Waals surface area (Å²) in [5.41, 5.74) is 1.48. The second kappa shape index (κ2) is 14.8. The number of amides is 2. The molecule has 0 unspecified atom stereocenters. The minimum Gasteiger partial charge on any atom is -0.481 e. The molecule has 1 saturated carbocycles. The van der Waals surface area contributed by atoms with Gasteiger partial charge in [-0.1, -0.05) is 24.8 Å². The van der Waals surface area contributed by atoms with Crippen LogP contribution in [0, 0.1) is 17.8 Å². The Morgan fingerprint density at radius 2 is 2.02 bits per heavy atom. The average molecular weight is 549 g/mol. The second-order valence-corrected chi connectivity index (χ2v) is 10.0. The van der Waals surface area contributed by atoms with Gasteiger partial charge in [-0.05, 0) is 46.3 Å². The van der Waals surface area contributed by atoms with Crippen LogP contribution in [0.1, 0.15) is 38.7 Å². The number of carbonyl (C=O) groups excluding carboxylic acids is 2. The Morgan fingerprint density at radius 3 is 2.73 bits per heavy atom. The first-order chi connectivity index (χ1) is 19.2. The molecule has 1 atom stereocenters. The quantitative estimate of drug-likeness (QED) is 0.271. The maximum Gasteiger partial charge on any atom is 0.246 e. The predicted octanol–water partition coefficient (Wildman–Crippen LogP) is 2.66. The van der Waals surface area contributed by atoms with E-state index in [1.165, 1.54) is 11.0 Å². The van der Waals surface area contributed by atoms with Crippen LogP contribution in [0.25, 0.3) is 0 Å². The number of aromatic nitrogens is 3. The summed E-state index contributed by atoms with van der Waals surface area (Å²) in [7, 11) is 7.06. The number of anilines is 3. The lowest BCUT2D eigenvalue weighted by Gasteiger charge is -2.34. The average Bonchev–Trinajstić information content (AvgIpc) is 2.92. The molecular formula is C29H40N8O3. The molecular weight excluding hydrogens is 508 g/mol. The highest BCUT2D eigenvalue weighted by molar-refractivity contribution is 5.92. The summed E-state index contributed by atoms with van der Waals surface area (Å²) < 4.78 is 5.17. The van der Waals surface area contributed by atoms with E-state index in [1.807, 2.05) is 25.1 Å². The van der Waals surface area contributed by atoms with Crippen LogP contribution in [-0.4, -0.2) is 90.0 Å². The van der Waals surface area contributed by atoms with E-state index in [-0.39, 0.29) is 23.8 Å². The van der Waals surface area contributed by atoms with Crippen LogP contribution in [0.3, 0.4) is 0 Å². The van der Waals surface area contributed by atoms with Crippen LogP contribution in [-0.2, 0) is 9.59 Å².